The van der Waals surface area contributed by atoms with Crippen LogP contribution >= 0.6 is 0 Å². The van der Waals surface area contributed by atoms with Crippen LogP contribution in [0.4, 0.5) is 5.69 Å². The van der Waals surface area contributed by atoms with Crippen LogP contribution in [0.1, 0.15) is 10.4 Å². The summed E-state index contributed by atoms with van der Waals surface area (Å²) in [7, 11) is -1.68. The van der Waals surface area contributed by atoms with Gasteiger partial charge in [0.15, 0.2) is 5.82 Å². The van der Waals surface area contributed by atoms with Gasteiger partial charge in [0.2, 0.25) is 10.0 Å². The number of sulfonamides is 1. The van der Waals surface area contributed by atoms with Crippen LogP contribution in [-0.2, 0) is 10.0 Å². The average molecular weight is 427 g/mol. The number of nitrogens with zero attached hydrogens (tertiary/aromatic N) is 5. The molecular weight excluding hydrogens is 404 g/mol. The number of piperazine rings is 1. The Kier molecular flexibility index (Phi) is 5.62. The summed E-state index contributed by atoms with van der Waals surface area (Å²) in [5.41, 5.74) is 0.768. The molecule has 1 aromatic carbocycles. The first-order valence-corrected chi connectivity index (χ1v) is 10.9. The number of carbonyl (C=O) groups excluding carboxylic acids is 1. The van der Waals surface area contributed by atoms with Gasteiger partial charge >= 0.3 is 0 Å². The van der Waals surface area contributed by atoms with E-state index in [-0.39, 0.29) is 10.5 Å². The minimum absolute atomic E-state index is 0.117. The van der Waals surface area contributed by atoms with Crippen LogP contribution in [0.15, 0.2) is 66.0 Å². The van der Waals surface area contributed by atoms with Crippen molar-refractivity contribution in [3.05, 3.63) is 66.6 Å². The molecule has 10 heteroatoms. The lowest BCUT2D eigenvalue weighted by molar-refractivity contribution is 0.102. The molecule has 2 aromatic heterocycles. The topological polar surface area (TPSA) is 100 Å². The molecular formula is C20H22N6O3S. The molecule has 4 rings (SSSR count). The van der Waals surface area contributed by atoms with E-state index in [1.807, 2.05) is 7.05 Å². The Bertz CT molecular complexity index is 1120. The lowest BCUT2D eigenvalue weighted by Crippen LogP contribution is -2.47. The van der Waals surface area contributed by atoms with Gasteiger partial charge in [-0.1, -0.05) is 6.07 Å². The van der Waals surface area contributed by atoms with Crippen molar-refractivity contribution in [2.24, 2.45) is 0 Å². The van der Waals surface area contributed by atoms with Crippen molar-refractivity contribution in [2.45, 2.75) is 4.90 Å². The average Bonchev–Trinajstić information content (AvgIpc) is 3.30. The highest BCUT2D eigenvalue weighted by Crippen LogP contribution is 2.19. The van der Waals surface area contributed by atoms with E-state index < -0.39 is 15.9 Å². The number of hydrogen-bond acceptors (Lipinski definition) is 6. The summed E-state index contributed by atoms with van der Waals surface area (Å²) in [6.07, 6.45) is 4.95. The number of nitrogens with one attached hydrogen (secondary N) is 1. The Balaban J connectivity index is 1.48. The molecule has 0 saturated carbocycles. The van der Waals surface area contributed by atoms with Crippen LogP contribution in [0, 0.1) is 0 Å². The van der Waals surface area contributed by atoms with Gasteiger partial charge < -0.3 is 10.2 Å². The van der Waals surface area contributed by atoms with Gasteiger partial charge in [-0.25, -0.2) is 18.1 Å². The summed E-state index contributed by atoms with van der Waals surface area (Å²) >= 11 is 0. The van der Waals surface area contributed by atoms with Gasteiger partial charge in [0.25, 0.3) is 5.91 Å². The summed E-state index contributed by atoms with van der Waals surface area (Å²) in [5.74, 6) is 0.220. The minimum atomic E-state index is -3.64. The predicted octanol–water partition coefficient (Wildman–Crippen LogP) is 1.46. The van der Waals surface area contributed by atoms with Crippen molar-refractivity contribution < 1.29 is 13.2 Å². The predicted molar refractivity (Wildman–Crippen MR) is 112 cm³/mol. The fourth-order valence-corrected chi connectivity index (χ4v) is 4.65. The maximum Gasteiger partial charge on any atom is 0.255 e. The Morgan fingerprint density at radius 1 is 1.07 bits per heavy atom. The number of benzene rings is 1. The van der Waals surface area contributed by atoms with Crippen LogP contribution < -0.4 is 5.32 Å². The van der Waals surface area contributed by atoms with Crippen LogP contribution in [0.3, 0.4) is 0 Å². The first-order valence-electron chi connectivity index (χ1n) is 9.50. The Morgan fingerprint density at radius 3 is 2.53 bits per heavy atom. The van der Waals surface area contributed by atoms with Crippen LogP contribution in [0.2, 0.25) is 0 Å². The zero-order valence-corrected chi connectivity index (χ0v) is 17.3. The van der Waals surface area contributed by atoms with Crippen LogP contribution in [0.5, 0.6) is 0 Å². The molecule has 0 bridgehead atoms. The minimum Gasteiger partial charge on any atom is -0.321 e. The van der Waals surface area contributed by atoms with Gasteiger partial charge in [0.05, 0.1) is 16.8 Å². The Hall–Kier alpha value is -3.08. The number of anilines is 1. The second-order valence-corrected chi connectivity index (χ2v) is 8.98. The fraction of sp³-hybridized carbons (Fsp3) is 0.250. The highest BCUT2D eigenvalue weighted by Gasteiger charge is 2.27. The molecule has 1 aliphatic heterocycles. The van der Waals surface area contributed by atoms with E-state index in [0.717, 1.165) is 0 Å². The smallest absolute Gasteiger partial charge is 0.255 e. The molecule has 1 aliphatic rings. The maximum absolute atomic E-state index is 12.9. The van der Waals surface area contributed by atoms with E-state index in [1.54, 1.807) is 47.4 Å². The lowest BCUT2D eigenvalue weighted by atomic mass is 10.2. The van der Waals surface area contributed by atoms with Crippen molar-refractivity contribution in [3.8, 4) is 5.82 Å². The number of likely N-dealkylation sites (N-methyl/N-ethyl adjacent to an activating group) is 1. The molecule has 156 valence electrons. The third-order valence-corrected chi connectivity index (χ3v) is 6.84. The molecule has 0 unspecified atom stereocenters. The highest BCUT2D eigenvalue weighted by atomic mass is 32.2. The third-order valence-electron chi connectivity index (χ3n) is 4.94. The SMILES string of the molecule is CN1CCN(S(=O)(=O)c2cccc(C(=O)Nc3ccc(-n4cccn4)nc3)c2)CC1. The van der Waals surface area contributed by atoms with Crippen LogP contribution in [0.25, 0.3) is 5.82 Å². The summed E-state index contributed by atoms with van der Waals surface area (Å²) < 4.78 is 28.9. The molecule has 9 nitrogen and oxygen atoms in total. The van der Waals surface area contributed by atoms with Crippen molar-refractivity contribution in [2.75, 3.05) is 38.5 Å². The molecule has 0 spiro atoms. The van der Waals surface area contributed by atoms with Gasteiger partial charge in [-0.3, -0.25) is 4.79 Å². The molecule has 1 saturated heterocycles. The van der Waals surface area contributed by atoms with E-state index in [0.29, 0.717) is 37.7 Å². The van der Waals surface area contributed by atoms with Gasteiger partial charge in [-0.05, 0) is 43.4 Å². The van der Waals surface area contributed by atoms with E-state index in [4.69, 9.17) is 0 Å². The molecule has 0 atom stereocenters. The number of rotatable bonds is 5. The zero-order valence-electron chi connectivity index (χ0n) is 16.5. The second kappa shape index (κ2) is 8.34. The number of aromatic nitrogens is 3. The van der Waals surface area contributed by atoms with E-state index in [1.165, 1.54) is 22.6 Å². The number of pyridine rings is 1. The lowest BCUT2D eigenvalue weighted by Gasteiger charge is -2.31. The van der Waals surface area contributed by atoms with Gasteiger partial charge in [-0.2, -0.15) is 9.40 Å². The molecule has 1 fully saturated rings. The van der Waals surface area contributed by atoms with Crippen molar-refractivity contribution in [1.82, 2.24) is 24.0 Å². The summed E-state index contributed by atoms with van der Waals surface area (Å²) in [4.78, 5) is 19.1. The molecule has 0 radical (unpaired) electrons. The van der Waals surface area contributed by atoms with E-state index >= 15 is 0 Å². The first-order chi connectivity index (χ1) is 14.4. The molecule has 3 aromatic rings. The molecule has 1 N–H and O–H groups in total. The summed E-state index contributed by atoms with van der Waals surface area (Å²) in [6, 6.07) is 11.3. The molecule has 1 amide bonds. The van der Waals surface area contributed by atoms with E-state index in [9.17, 15) is 13.2 Å². The standard InChI is InChI=1S/C20H22N6O3S/c1-24-10-12-25(13-11-24)30(28,29)18-5-2-4-16(14-18)20(27)23-17-6-7-19(21-15-17)26-9-3-8-22-26/h2-9,14-15H,10-13H2,1H3,(H,23,27). The molecule has 30 heavy (non-hydrogen) atoms. The summed E-state index contributed by atoms with van der Waals surface area (Å²) in [6.45, 7) is 2.23. The highest BCUT2D eigenvalue weighted by molar-refractivity contribution is 7.89. The molecule has 3 heterocycles. The number of hydrogen-bond donors (Lipinski definition) is 1. The number of amides is 1. The zero-order chi connectivity index (χ0) is 21.1. The van der Waals surface area contributed by atoms with Gasteiger partial charge in [0, 0.05) is 44.1 Å². The first kappa shape index (κ1) is 20.2. The Morgan fingerprint density at radius 2 is 1.87 bits per heavy atom. The quantitative estimate of drug-likeness (QED) is 0.663. The van der Waals surface area contributed by atoms with Gasteiger partial charge in [0.1, 0.15) is 0 Å². The maximum atomic E-state index is 12.9. The van der Waals surface area contributed by atoms with Crippen molar-refractivity contribution >= 4 is 21.6 Å². The largest absolute Gasteiger partial charge is 0.321 e. The fourth-order valence-electron chi connectivity index (χ4n) is 3.18. The van der Waals surface area contributed by atoms with Crippen molar-refractivity contribution in [1.29, 1.82) is 0 Å². The Labute approximate surface area is 175 Å². The summed E-state index contributed by atoms with van der Waals surface area (Å²) in [5, 5.41) is 6.85. The normalized spacial score (nSPS) is 15.8. The van der Waals surface area contributed by atoms with Crippen molar-refractivity contribution in [3.63, 3.8) is 0 Å². The van der Waals surface area contributed by atoms with Crippen LogP contribution in [-0.4, -0.2) is 71.5 Å². The van der Waals surface area contributed by atoms with E-state index in [2.05, 4.69) is 20.3 Å². The van der Waals surface area contributed by atoms with Gasteiger partial charge in [-0.15, -0.1) is 0 Å². The monoisotopic (exact) mass is 426 g/mol. The second-order valence-electron chi connectivity index (χ2n) is 7.05. The number of carbonyl (C=O) groups is 1. The molecule has 0 aliphatic carbocycles. The third kappa shape index (κ3) is 4.25.